The minimum absolute atomic E-state index is 0.0625. The highest BCUT2D eigenvalue weighted by Gasteiger charge is 2.33. The molecule has 1 aromatic carbocycles. The first-order chi connectivity index (χ1) is 10.0. The lowest BCUT2D eigenvalue weighted by Gasteiger charge is -2.27. The zero-order chi connectivity index (χ0) is 15.3. The van der Waals surface area contributed by atoms with E-state index in [-0.39, 0.29) is 11.3 Å². The summed E-state index contributed by atoms with van der Waals surface area (Å²) in [7, 11) is 0. The Morgan fingerprint density at radius 2 is 2.14 bits per heavy atom. The quantitative estimate of drug-likeness (QED) is 0.800. The number of alkyl halides is 1. The molecule has 0 aliphatic heterocycles. The number of carbonyl (C=O) groups excluding carboxylic acids is 1. The summed E-state index contributed by atoms with van der Waals surface area (Å²) >= 11 is 12.0. The third kappa shape index (κ3) is 4.52. The normalized spacial score (nSPS) is 18.2. The molecule has 0 bridgehead atoms. The van der Waals surface area contributed by atoms with Crippen molar-refractivity contribution in [2.45, 2.75) is 38.7 Å². The summed E-state index contributed by atoms with van der Waals surface area (Å²) in [4.78, 5) is 12.1. The molecule has 0 aromatic heterocycles. The second-order valence-electron chi connectivity index (χ2n) is 5.78. The Morgan fingerprint density at radius 3 is 2.76 bits per heavy atom. The van der Waals surface area contributed by atoms with Gasteiger partial charge in [0, 0.05) is 22.9 Å². The highest BCUT2D eigenvalue weighted by molar-refractivity contribution is 6.30. The molecule has 0 heterocycles. The van der Waals surface area contributed by atoms with Crippen molar-refractivity contribution in [3.05, 3.63) is 29.3 Å². The van der Waals surface area contributed by atoms with E-state index in [4.69, 9.17) is 27.9 Å². The number of carbonyl (C=O) groups is 1. The highest BCUT2D eigenvalue weighted by Crippen LogP contribution is 2.38. The van der Waals surface area contributed by atoms with Gasteiger partial charge in [0.05, 0.1) is 0 Å². The second kappa shape index (κ2) is 7.37. The number of amides is 1. The van der Waals surface area contributed by atoms with Gasteiger partial charge in [-0.3, -0.25) is 4.79 Å². The molecule has 116 valence electrons. The van der Waals surface area contributed by atoms with Crippen LogP contribution in [0.25, 0.3) is 0 Å². The van der Waals surface area contributed by atoms with Gasteiger partial charge in [-0.15, -0.1) is 11.6 Å². The Kier molecular flexibility index (Phi) is 5.77. The zero-order valence-electron chi connectivity index (χ0n) is 12.2. The summed E-state index contributed by atoms with van der Waals surface area (Å²) in [5, 5.41) is 3.56. The molecule has 1 aromatic rings. The number of nitrogens with one attached hydrogen (secondary N) is 1. The summed E-state index contributed by atoms with van der Waals surface area (Å²) in [5.41, 5.74) is 0.0625. The van der Waals surface area contributed by atoms with Gasteiger partial charge >= 0.3 is 0 Å². The third-order valence-corrected chi connectivity index (χ3v) is 4.87. The monoisotopic (exact) mass is 329 g/mol. The van der Waals surface area contributed by atoms with E-state index < -0.39 is 6.10 Å². The minimum Gasteiger partial charge on any atom is -0.481 e. The van der Waals surface area contributed by atoms with Gasteiger partial charge in [-0.2, -0.15) is 0 Å². The van der Waals surface area contributed by atoms with E-state index in [0.29, 0.717) is 23.2 Å². The van der Waals surface area contributed by atoms with Crippen molar-refractivity contribution in [2.24, 2.45) is 5.41 Å². The van der Waals surface area contributed by atoms with Crippen LogP contribution in [-0.4, -0.2) is 24.4 Å². The third-order valence-electron chi connectivity index (χ3n) is 4.06. The molecule has 1 N–H and O–H groups in total. The van der Waals surface area contributed by atoms with E-state index in [1.54, 1.807) is 31.2 Å². The van der Waals surface area contributed by atoms with Crippen LogP contribution in [0.2, 0.25) is 5.02 Å². The molecule has 1 amide bonds. The smallest absolute Gasteiger partial charge is 0.260 e. The first-order valence-electron chi connectivity index (χ1n) is 7.31. The lowest BCUT2D eigenvalue weighted by atomic mass is 9.88. The average Bonchev–Trinajstić information content (AvgIpc) is 2.94. The Balaban J connectivity index is 1.85. The number of halogens is 2. The molecule has 1 saturated carbocycles. The van der Waals surface area contributed by atoms with Crippen LogP contribution < -0.4 is 10.1 Å². The number of benzene rings is 1. The molecule has 5 heteroatoms. The van der Waals surface area contributed by atoms with E-state index in [1.165, 1.54) is 12.8 Å². The van der Waals surface area contributed by atoms with Gasteiger partial charge in [0.1, 0.15) is 5.75 Å². The van der Waals surface area contributed by atoms with Crippen molar-refractivity contribution in [3.63, 3.8) is 0 Å². The van der Waals surface area contributed by atoms with Gasteiger partial charge in [-0.1, -0.05) is 30.5 Å². The number of rotatable bonds is 6. The highest BCUT2D eigenvalue weighted by atomic mass is 35.5. The van der Waals surface area contributed by atoms with Gasteiger partial charge in [0.25, 0.3) is 5.91 Å². The van der Waals surface area contributed by atoms with Crippen LogP contribution in [0, 0.1) is 5.41 Å². The molecule has 0 saturated heterocycles. The van der Waals surface area contributed by atoms with E-state index >= 15 is 0 Å². The van der Waals surface area contributed by atoms with Crippen molar-refractivity contribution in [1.29, 1.82) is 0 Å². The number of hydrogen-bond acceptors (Lipinski definition) is 2. The Bertz CT molecular complexity index is 487. The van der Waals surface area contributed by atoms with E-state index in [0.717, 1.165) is 12.8 Å². The van der Waals surface area contributed by atoms with Crippen LogP contribution >= 0.6 is 23.2 Å². The molecular weight excluding hydrogens is 309 g/mol. The molecule has 0 spiro atoms. The summed E-state index contributed by atoms with van der Waals surface area (Å²) in [5.74, 6) is 1.07. The van der Waals surface area contributed by atoms with Gasteiger partial charge in [0.2, 0.25) is 0 Å². The molecule has 1 fully saturated rings. The van der Waals surface area contributed by atoms with Crippen molar-refractivity contribution in [3.8, 4) is 5.75 Å². The predicted molar refractivity (Wildman–Crippen MR) is 86.2 cm³/mol. The molecule has 1 unspecified atom stereocenters. The van der Waals surface area contributed by atoms with Crippen LogP contribution in [-0.2, 0) is 4.79 Å². The first kappa shape index (κ1) is 16.4. The maximum absolute atomic E-state index is 12.1. The van der Waals surface area contributed by atoms with Gasteiger partial charge in [0.15, 0.2) is 6.10 Å². The summed E-state index contributed by atoms with van der Waals surface area (Å²) in [6.45, 7) is 2.36. The standard InChI is InChI=1S/C16H21Cl2NO2/c1-12(21-14-6-4-5-13(18)9-14)15(20)19-11-16(10-17)7-2-3-8-16/h4-6,9,12H,2-3,7-8,10-11H2,1H3,(H,19,20). The largest absolute Gasteiger partial charge is 0.481 e. The number of ether oxygens (including phenoxy) is 1. The van der Waals surface area contributed by atoms with Crippen LogP contribution in [0.1, 0.15) is 32.6 Å². The molecule has 1 aliphatic carbocycles. The van der Waals surface area contributed by atoms with E-state index in [1.807, 2.05) is 0 Å². The Hall–Kier alpha value is -0.930. The molecule has 3 nitrogen and oxygen atoms in total. The van der Waals surface area contributed by atoms with Gasteiger partial charge in [-0.05, 0) is 38.0 Å². The van der Waals surface area contributed by atoms with Gasteiger partial charge in [-0.25, -0.2) is 0 Å². The molecule has 1 aliphatic rings. The van der Waals surface area contributed by atoms with Crippen molar-refractivity contribution in [2.75, 3.05) is 12.4 Å². The summed E-state index contributed by atoms with van der Waals surface area (Å²) in [6.07, 6.45) is 3.99. The fourth-order valence-corrected chi connectivity index (χ4v) is 3.24. The average molecular weight is 330 g/mol. The molecule has 2 rings (SSSR count). The van der Waals surface area contributed by atoms with Crippen LogP contribution in [0.4, 0.5) is 0 Å². The topological polar surface area (TPSA) is 38.3 Å². The summed E-state index contributed by atoms with van der Waals surface area (Å²) in [6, 6.07) is 7.04. The maximum atomic E-state index is 12.1. The number of hydrogen-bond donors (Lipinski definition) is 1. The maximum Gasteiger partial charge on any atom is 0.260 e. The lowest BCUT2D eigenvalue weighted by Crippen LogP contribution is -2.42. The lowest BCUT2D eigenvalue weighted by molar-refractivity contribution is -0.127. The molecular formula is C16H21Cl2NO2. The predicted octanol–water partition coefficient (Wildman–Crippen LogP) is 4.02. The van der Waals surface area contributed by atoms with Crippen molar-refractivity contribution >= 4 is 29.1 Å². The van der Waals surface area contributed by atoms with Crippen molar-refractivity contribution < 1.29 is 9.53 Å². The molecule has 1 atom stereocenters. The van der Waals surface area contributed by atoms with Gasteiger partial charge < -0.3 is 10.1 Å². The SMILES string of the molecule is CC(Oc1cccc(Cl)c1)C(=O)NCC1(CCl)CCCC1. The van der Waals surface area contributed by atoms with E-state index in [9.17, 15) is 4.79 Å². The first-order valence-corrected chi connectivity index (χ1v) is 8.22. The fourth-order valence-electron chi connectivity index (χ4n) is 2.70. The minimum atomic E-state index is -0.558. The fraction of sp³-hybridized carbons (Fsp3) is 0.562. The Morgan fingerprint density at radius 1 is 1.43 bits per heavy atom. The van der Waals surface area contributed by atoms with Crippen LogP contribution in [0.5, 0.6) is 5.75 Å². The summed E-state index contributed by atoms with van der Waals surface area (Å²) < 4.78 is 5.61. The Labute approximate surface area is 136 Å². The van der Waals surface area contributed by atoms with E-state index in [2.05, 4.69) is 5.32 Å². The van der Waals surface area contributed by atoms with Crippen LogP contribution in [0.15, 0.2) is 24.3 Å². The second-order valence-corrected chi connectivity index (χ2v) is 6.48. The van der Waals surface area contributed by atoms with Crippen LogP contribution in [0.3, 0.4) is 0 Å². The van der Waals surface area contributed by atoms with Crippen molar-refractivity contribution in [1.82, 2.24) is 5.32 Å². The zero-order valence-corrected chi connectivity index (χ0v) is 13.7. The molecule has 0 radical (unpaired) electrons. The molecule has 21 heavy (non-hydrogen) atoms.